The van der Waals surface area contributed by atoms with Crippen LogP contribution in [0.25, 0.3) is 17.1 Å². The topological polar surface area (TPSA) is 101 Å². The van der Waals surface area contributed by atoms with Gasteiger partial charge in [0.2, 0.25) is 0 Å². The zero-order valence-electron chi connectivity index (χ0n) is 28.6. The van der Waals surface area contributed by atoms with Crippen molar-refractivity contribution in [3.05, 3.63) is 81.7 Å². The number of nitrogens with zero attached hydrogens (tertiary/aromatic N) is 6. The van der Waals surface area contributed by atoms with Gasteiger partial charge in [0.05, 0.1) is 31.9 Å². The lowest BCUT2D eigenvalue weighted by atomic mass is 10.1. The highest BCUT2D eigenvalue weighted by atomic mass is 32.2. The Hall–Kier alpha value is -3.98. The van der Waals surface area contributed by atoms with Crippen molar-refractivity contribution in [2.75, 3.05) is 66.3 Å². The Morgan fingerprint density at radius 1 is 1.10 bits per heavy atom. The second-order valence-corrected chi connectivity index (χ2v) is 14.7. The minimum absolute atomic E-state index is 0.139. The van der Waals surface area contributed by atoms with Crippen LogP contribution in [0.1, 0.15) is 35.2 Å². The van der Waals surface area contributed by atoms with Gasteiger partial charge in [-0.1, -0.05) is 26.0 Å². The molecule has 0 amide bonds. The van der Waals surface area contributed by atoms with Gasteiger partial charge in [-0.05, 0) is 73.8 Å². The van der Waals surface area contributed by atoms with Gasteiger partial charge in [-0.2, -0.15) is 11.8 Å². The largest absolute Gasteiger partial charge is 0.506 e. The van der Waals surface area contributed by atoms with E-state index in [1.165, 1.54) is 29.5 Å². The molecule has 2 aromatic heterocycles. The van der Waals surface area contributed by atoms with Crippen molar-refractivity contribution in [2.45, 2.75) is 31.6 Å². The van der Waals surface area contributed by atoms with E-state index in [2.05, 4.69) is 68.6 Å². The highest BCUT2D eigenvalue weighted by molar-refractivity contribution is 8.00. The maximum Gasteiger partial charge on any atom is 0.141 e. The molecule has 0 atom stereocenters. The van der Waals surface area contributed by atoms with Gasteiger partial charge in [-0.3, -0.25) is 14.9 Å². The number of halogens is 2. The number of pyridine rings is 1. The van der Waals surface area contributed by atoms with Crippen molar-refractivity contribution in [1.29, 1.82) is 0 Å². The maximum atomic E-state index is 14.2. The molecule has 9 nitrogen and oxygen atoms in total. The average Bonchev–Trinajstić information content (AvgIpc) is 3.56. The van der Waals surface area contributed by atoms with Crippen molar-refractivity contribution in [3.63, 3.8) is 0 Å². The Morgan fingerprint density at radius 3 is 2.54 bits per heavy atom. The molecule has 0 unspecified atom stereocenters. The summed E-state index contributed by atoms with van der Waals surface area (Å²) in [6.07, 6.45) is 5.55. The van der Waals surface area contributed by atoms with Crippen LogP contribution in [-0.2, 0) is 0 Å². The van der Waals surface area contributed by atoms with E-state index in [1.807, 2.05) is 30.0 Å². The Bertz CT molecular complexity index is 1820. The summed E-state index contributed by atoms with van der Waals surface area (Å²) >= 11 is 4.19. The molecule has 3 N–H and O–H groups in total. The quantitative estimate of drug-likeness (QED) is 0.0631. The predicted octanol–water partition coefficient (Wildman–Crippen LogP) is 8.41. The Labute approximate surface area is 305 Å². The van der Waals surface area contributed by atoms with Gasteiger partial charge >= 0.3 is 0 Å². The van der Waals surface area contributed by atoms with E-state index in [-0.39, 0.29) is 23.2 Å². The predicted molar refractivity (Wildman–Crippen MR) is 210 cm³/mol. The molecule has 2 aromatic carbocycles. The summed E-state index contributed by atoms with van der Waals surface area (Å²) in [6, 6.07) is 12.9. The molecule has 14 heteroatoms. The van der Waals surface area contributed by atoms with Crippen LogP contribution in [0.5, 0.6) is 5.75 Å². The van der Waals surface area contributed by atoms with E-state index in [0.29, 0.717) is 28.6 Å². The molecule has 0 bridgehead atoms. The van der Waals surface area contributed by atoms with Crippen molar-refractivity contribution >= 4 is 70.9 Å². The number of aromatic hydroxyl groups is 1. The smallest absolute Gasteiger partial charge is 0.141 e. The second kappa shape index (κ2) is 17.8. The first-order chi connectivity index (χ1) is 24.2. The standard InChI is InChI=1S/C36H42F2N8OS3/c1-23(2)36-43-33(27-10-7-11-32(42-27)44-50-34-25(37)8-6-9-26(34)38)35(49-36)28(39-4)12-13-40-22-41-29-20-24(3)30(21-31(29)47)46-16-14-45(15-17-46)18-19-48-5/h6-13,20-21,23,41,47H,4,14-19,22H2,1-3,5H3,(H,42,44)/b28-12-,40-13-. The number of thioether (sulfide) groups is 1. The number of piperazine rings is 1. The van der Waals surface area contributed by atoms with Crippen LogP contribution in [0.15, 0.2) is 69.5 Å². The van der Waals surface area contributed by atoms with Crippen LogP contribution in [0.3, 0.4) is 0 Å². The van der Waals surface area contributed by atoms with E-state index in [0.717, 1.165) is 71.6 Å². The van der Waals surface area contributed by atoms with Gasteiger partial charge in [0.15, 0.2) is 0 Å². The zero-order valence-corrected chi connectivity index (χ0v) is 31.1. The SMILES string of the molecule is C=N/C(=C\C=N/CNc1cc(C)c(N2CCN(CCSC)CC2)cc1O)c1sc(C(C)C)nc1-c1cccc(NSc2c(F)cccc2F)n1. The molecule has 1 aliphatic heterocycles. The molecule has 0 saturated carbocycles. The third kappa shape index (κ3) is 9.42. The number of anilines is 3. The number of hydrogen-bond donors (Lipinski definition) is 3. The number of thiazole rings is 1. The molecule has 0 spiro atoms. The van der Waals surface area contributed by atoms with Gasteiger partial charge in [-0.15, -0.1) is 11.3 Å². The third-order valence-corrected chi connectivity index (χ3v) is 10.9. The molecule has 3 heterocycles. The molecule has 264 valence electrons. The summed E-state index contributed by atoms with van der Waals surface area (Å²) in [5.74, 6) is 0.598. The summed E-state index contributed by atoms with van der Waals surface area (Å²) in [6.45, 7) is 15.2. The van der Waals surface area contributed by atoms with Crippen LogP contribution in [-0.4, -0.2) is 84.3 Å². The lowest BCUT2D eigenvalue weighted by Gasteiger charge is -2.37. The van der Waals surface area contributed by atoms with E-state index < -0.39 is 11.6 Å². The Kier molecular flexibility index (Phi) is 13.3. The number of aromatic nitrogens is 2. The maximum absolute atomic E-state index is 14.2. The highest BCUT2D eigenvalue weighted by Crippen LogP contribution is 2.37. The molecule has 0 aliphatic carbocycles. The fraction of sp³-hybridized carbons (Fsp3) is 0.333. The second-order valence-electron chi connectivity index (χ2n) is 11.9. The fourth-order valence-electron chi connectivity index (χ4n) is 5.35. The van der Waals surface area contributed by atoms with Gasteiger partial charge in [0.25, 0.3) is 0 Å². The molecule has 1 aliphatic rings. The Morgan fingerprint density at radius 2 is 1.84 bits per heavy atom. The van der Waals surface area contributed by atoms with E-state index in [9.17, 15) is 13.9 Å². The van der Waals surface area contributed by atoms with Crippen molar-refractivity contribution < 1.29 is 13.9 Å². The molecule has 1 saturated heterocycles. The molecule has 0 radical (unpaired) electrons. The normalized spacial score (nSPS) is 14.1. The fourth-order valence-corrected chi connectivity index (χ4v) is 7.50. The lowest BCUT2D eigenvalue weighted by molar-refractivity contribution is 0.273. The van der Waals surface area contributed by atoms with Crippen molar-refractivity contribution in [1.82, 2.24) is 14.9 Å². The van der Waals surface area contributed by atoms with Gasteiger partial charge in [0.1, 0.15) is 35.6 Å². The molecule has 1 fully saturated rings. The zero-order chi connectivity index (χ0) is 35.6. The number of aliphatic imine (C=N–C) groups is 2. The number of aryl methyl sites for hydroxylation is 1. The first kappa shape index (κ1) is 37.3. The molecular formula is C36H42F2N8OS3. The summed E-state index contributed by atoms with van der Waals surface area (Å²) in [4.78, 5) is 23.8. The van der Waals surface area contributed by atoms with Crippen LogP contribution >= 0.6 is 35.0 Å². The summed E-state index contributed by atoms with van der Waals surface area (Å²) in [5, 5.41) is 14.9. The third-order valence-electron chi connectivity index (χ3n) is 8.05. The number of phenols is 1. The lowest BCUT2D eigenvalue weighted by Crippen LogP contribution is -2.47. The van der Waals surface area contributed by atoms with Gasteiger partial charge in [0, 0.05) is 62.4 Å². The van der Waals surface area contributed by atoms with Gasteiger partial charge in [-0.25, -0.2) is 18.7 Å². The van der Waals surface area contributed by atoms with Crippen LogP contribution in [0.4, 0.5) is 26.0 Å². The first-order valence-electron chi connectivity index (χ1n) is 16.2. The van der Waals surface area contributed by atoms with E-state index in [1.54, 1.807) is 24.4 Å². The van der Waals surface area contributed by atoms with E-state index >= 15 is 0 Å². The molecule has 4 aromatic rings. The number of benzene rings is 2. The Balaban J connectivity index is 1.26. The van der Waals surface area contributed by atoms with Crippen molar-refractivity contribution in [2.24, 2.45) is 9.98 Å². The summed E-state index contributed by atoms with van der Waals surface area (Å²) < 4.78 is 31.3. The number of rotatable bonds is 15. The number of nitrogens with one attached hydrogen (secondary N) is 2. The average molecular weight is 737 g/mol. The van der Waals surface area contributed by atoms with E-state index in [4.69, 9.17) is 4.98 Å². The first-order valence-corrected chi connectivity index (χ1v) is 19.3. The van der Waals surface area contributed by atoms with Gasteiger partial charge < -0.3 is 20.0 Å². The minimum atomic E-state index is -0.655. The van der Waals surface area contributed by atoms with Crippen LogP contribution in [0, 0.1) is 18.6 Å². The number of phenolic OH excluding ortho intramolecular Hbond substituents is 1. The number of hydrogen-bond acceptors (Lipinski definition) is 12. The number of allylic oxidation sites excluding steroid dienone is 1. The highest BCUT2D eigenvalue weighted by Gasteiger charge is 2.21. The summed E-state index contributed by atoms with van der Waals surface area (Å²) in [5.41, 5.74) is 4.54. The van der Waals surface area contributed by atoms with Crippen LogP contribution in [0.2, 0.25) is 0 Å². The molecule has 50 heavy (non-hydrogen) atoms. The summed E-state index contributed by atoms with van der Waals surface area (Å²) in [7, 11) is 0. The molecular weight excluding hydrogens is 695 g/mol. The van der Waals surface area contributed by atoms with Crippen LogP contribution < -0.4 is 14.9 Å². The van der Waals surface area contributed by atoms with Crippen molar-refractivity contribution in [3.8, 4) is 17.1 Å². The minimum Gasteiger partial charge on any atom is -0.506 e. The monoisotopic (exact) mass is 736 g/mol. The molecule has 5 rings (SSSR count).